The van der Waals surface area contributed by atoms with E-state index in [0.29, 0.717) is 37.3 Å². The summed E-state index contributed by atoms with van der Waals surface area (Å²) < 4.78 is 0. The van der Waals surface area contributed by atoms with Crippen molar-refractivity contribution in [2.75, 3.05) is 32.8 Å². The SMILES string of the molecule is CC(C)C(=O)N1CCN(CN2C(=O)c3ccccc3C2=O)CC1. The minimum absolute atomic E-state index is 0.00205. The molecule has 1 aromatic carbocycles. The smallest absolute Gasteiger partial charge is 0.262 e. The Morgan fingerprint density at radius 3 is 2.00 bits per heavy atom. The molecule has 3 rings (SSSR count). The predicted octanol–water partition coefficient (Wildman–Crippen LogP) is 1.04. The van der Waals surface area contributed by atoms with E-state index in [4.69, 9.17) is 0 Å². The van der Waals surface area contributed by atoms with E-state index in [1.807, 2.05) is 23.6 Å². The van der Waals surface area contributed by atoms with Crippen LogP contribution >= 0.6 is 0 Å². The lowest BCUT2D eigenvalue weighted by atomic mass is 10.1. The van der Waals surface area contributed by atoms with E-state index in [9.17, 15) is 14.4 Å². The van der Waals surface area contributed by atoms with Crippen LogP contribution in [-0.4, -0.2) is 65.3 Å². The number of benzene rings is 1. The number of fused-ring (bicyclic) bond motifs is 1. The lowest BCUT2D eigenvalue weighted by molar-refractivity contribution is -0.136. The summed E-state index contributed by atoms with van der Waals surface area (Å²) in [4.78, 5) is 41.9. The molecule has 0 aromatic heterocycles. The van der Waals surface area contributed by atoms with Crippen molar-refractivity contribution in [3.8, 4) is 0 Å². The van der Waals surface area contributed by atoms with E-state index in [-0.39, 0.29) is 30.3 Å². The fourth-order valence-corrected chi connectivity index (χ4v) is 3.04. The van der Waals surface area contributed by atoms with Crippen LogP contribution < -0.4 is 0 Å². The van der Waals surface area contributed by atoms with Crippen molar-refractivity contribution in [2.45, 2.75) is 13.8 Å². The first-order valence-electron chi connectivity index (χ1n) is 7.95. The molecule has 0 unspecified atom stereocenters. The second-order valence-corrected chi connectivity index (χ2v) is 6.32. The summed E-state index contributed by atoms with van der Waals surface area (Å²) in [6, 6.07) is 6.91. The Labute approximate surface area is 135 Å². The van der Waals surface area contributed by atoms with Gasteiger partial charge >= 0.3 is 0 Å². The molecule has 0 saturated carbocycles. The third-order valence-corrected chi connectivity index (χ3v) is 4.40. The summed E-state index contributed by atoms with van der Waals surface area (Å²) in [5.41, 5.74) is 0.956. The topological polar surface area (TPSA) is 60.9 Å². The maximum Gasteiger partial charge on any atom is 0.262 e. The number of hydrogen-bond donors (Lipinski definition) is 0. The molecule has 0 spiro atoms. The quantitative estimate of drug-likeness (QED) is 0.782. The van der Waals surface area contributed by atoms with Crippen molar-refractivity contribution < 1.29 is 14.4 Å². The van der Waals surface area contributed by atoms with Crippen LogP contribution in [0.4, 0.5) is 0 Å². The molecular formula is C17H21N3O3. The number of carbonyl (C=O) groups is 3. The van der Waals surface area contributed by atoms with Gasteiger partial charge in [0.1, 0.15) is 0 Å². The molecule has 6 nitrogen and oxygen atoms in total. The van der Waals surface area contributed by atoms with Gasteiger partial charge in [0.2, 0.25) is 5.91 Å². The van der Waals surface area contributed by atoms with Crippen molar-refractivity contribution in [1.82, 2.24) is 14.7 Å². The van der Waals surface area contributed by atoms with E-state index < -0.39 is 0 Å². The third-order valence-electron chi connectivity index (χ3n) is 4.40. The molecular weight excluding hydrogens is 294 g/mol. The summed E-state index contributed by atoms with van der Waals surface area (Å²) >= 11 is 0. The molecule has 3 amide bonds. The number of carbonyl (C=O) groups excluding carboxylic acids is 3. The monoisotopic (exact) mass is 315 g/mol. The fourth-order valence-electron chi connectivity index (χ4n) is 3.04. The lowest BCUT2D eigenvalue weighted by Crippen LogP contribution is -2.53. The molecule has 1 aromatic rings. The zero-order chi connectivity index (χ0) is 16.6. The molecule has 0 aliphatic carbocycles. The Morgan fingerprint density at radius 2 is 1.52 bits per heavy atom. The van der Waals surface area contributed by atoms with E-state index >= 15 is 0 Å². The fraction of sp³-hybridized carbons (Fsp3) is 0.471. The van der Waals surface area contributed by atoms with Gasteiger partial charge in [-0.25, -0.2) is 0 Å². The summed E-state index contributed by atoms with van der Waals surface area (Å²) in [6.07, 6.45) is 0. The molecule has 0 N–H and O–H groups in total. The molecule has 2 heterocycles. The van der Waals surface area contributed by atoms with Crippen LogP contribution in [0.3, 0.4) is 0 Å². The molecule has 0 atom stereocenters. The van der Waals surface area contributed by atoms with E-state index in [1.54, 1.807) is 24.3 Å². The molecule has 6 heteroatoms. The Morgan fingerprint density at radius 1 is 1.00 bits per heavy atom. The van der Waals surface area contributed by atoms with Crippen molar-refractivity contribution in [1.29, 1.82) is 0 Å². The molecule has 0 radical (unpaired) electrons. The van der Waals surface area contributed by atoms with Gasteiger partial charge in [-0.1, -0.05) is 26.0 Å². The van der Waals surface area contributed by atoms with Gasteiger partial charge in [0.05, 0.1) is 17.8 Å². The van der Waals surface area contributed by atoms with Crippen LogP contribution in [0.15, 0.2) is 24.3 Å². The summed E-state index contributed by atoms with van der Waals surface area (Å²) in [7, 11) is 0. The van der Waals surface area contributed by atoms with E-state index in [0.717, 1.165) is 0 Å². The minimum atomic E-state index is -0.230. The van der Waals surface area contributed by atoms with Crippen LogP contribution in [0.2, 0.25) is 0 Å². The average Bonchev–Trinajstić information content (AvgIpc) is 2.80. The highest BCUT2D eigenvalue weighted by Gasteiger charge is 2.36. The van der Waals surface area contributed by atoms with Gasteiger partial charge in [0, 0.05) is 32.1 Å². The van der Waals surface area contributed by atoms with Crippen LogP contribution in [0.5, 0.6) is 0 Å². The molecule has 0 bridgehead atoms. The van der Waals surface area contributed by atoms with Crippen molar-refractivity contribution in [3.63, 3.8) is 0 Å². The molecule has 23 heavy (non-hydrogen) atoms. The number of amides is 3. The first kappa shape index (κ1) is 15.7. The molecule has 2 aliphatic rings. The van der Waals surface area contributed by atoms with Gasteiger partial charge in [0.25, 0.3) is 11.8 Å². The number of imide groups is 1. The van der Waals surface area contributed by atoms with Gasteiger partial charge < -0.3 is 4.90 Å². The summed E-state index contributed by atoms with van der Waals surface area (Å²) in [5, 5.41) is 0. The number of rotatable bonds is 3. The van der Waals surface area contributed by atoms with Gasteiger partial charge in [-0.3, -0.25) is 24.2 Å². The number of nitrogens with zero attached hydrogens (tertiary/aromatic N) is 3. The van der Waals surface area contributed by atoms with Gasteiger partial charge in [-0.2, -0.15) is 0 Å². The number of hydrogen-bond acceptors (Lipinski definition) is 4. The van der Waals surface area contributed by atoms with Crippen LogP contribution in [0, 0.1) is 5.92 Å². The van der Waals surface area contributed by atoms with Crippen molar-refractivity contribution >= 4 is 17.7 Å². The Balaban J connectivity index is 1.61. The van der Waals surface area contributed by atoms with Crippen LogP contribution in [0.1, 0.15) is 34.6 Å². The van der Waals surface area contributed by atoms with E-state index in [1.165, 1.54) is 4.90 Å². The van der Waals surface area contributed by atoms with Crippen molar-refractivity contribution in [2.24, 2.45) is 5.92 Å². The molecule has 122 valence electrons. The highest BCUT2D eigenvalue weighted by molar-refractivity contribution is 6.21. The first-order valence-corrected chi connectivity index (χ1v) is 7.95. The minimum Gasteiger partial charge on any atom is -0.340 e. The average molecular weight is 315 g/mol. The highest BCUT2D eigenvalue weighted by atomic mass is 16.2. The normalized spacial score (nSPS) is 18.7. The molecule has 1 fully saturated rings. The standard InChI is InChI=1S/C17H21N3O3/c1-12(2)15(21)19-9-7-18(8-10-19)11-20-16(22)13-5-3-4-6-14(13)17(20)23/h3-6,12H,7-11H2,1-2H3. The van der Waals surface area contributed by atoms with Gasteiger partial charge in [-0.05, 0) is 12.1 Å². The summed E-state index contributed by atoms with van der Waals surface area (Å²) in [5.74, 6) is -0.305. The Bertz CT molecular complexity index is 613. The Hall–Kier alpha value is -2.21. The van der Waals surface area contributed by atoms with Gasteiger partial charge in [-0.15, -0.1) is 0 Å². The zero-order valence-corrected chi connectivity index (χ0v) is 13.5. The molecule has 2 aliphatic heterocycles. The second-order valence-electron chi connectivity index (χ2n) is 6.32. The van der Waals surface area contributed by atoms with Crippen LogP contribution in [-0.2, 0) is 4.79 Å². The largest absolute Gasteiger partial charge is 0.340 e. The second kappa shape index (κ2) is 6.12. The van der Waals surface area contributed by atoms with E-state index in [2.05, 4.69) is 0 Å². The predicted molar refractivity (Wildman–Crippen MR) is 84.8 cm³/mol. The van der Waals surface area contributed by atoms with Gasteiger partial charge in [0.15, 0.2) is 0 Å². The lowest BCUT2D eigenvalue weighted by Gasteiger charge is -2.36. The number of piperazine rings is 1. The third kappa shape index (κ3) is 2.86. The highest BCUT2D eigenvalue weighted by Crippen LogP contribution is 2.22. The molecule has 1 saturated heterocycles. The van der Waals surface area contributed by atoms with Crippen molar-refractivity contribution in [3.05, 3.63) is 35.4 Å². The summed E-state index contributed by atoms with van der Waals surface area (Å²) in [6.45, 7) is 6.70. The Kier molecular flexibility index (Phi) is 4.17. The first-order chi connectivity index (χ1) is 11.0. The zero-order valence-electron chi connectivity index (χ0n) is 13.5. The maximum absolute atomic E-state index is 12.4. The van der Waals surface area contributed by atoms with Crippen LogP contribution in [0.25, 0.3) is 0 Å². The maximum atomic E-state index is 12.4.